The minimum absolute atomic E-state index is 0.0779. The highest BCUT2D eigenvalue weighted by Crippen LogP contribution is 2.27. The van der Waals surface area contributed by atoms with Crippen molar-refractivity contribution in [2.45, 2.75) is 43.0 Å². The van der Waals surface area contributed by atoms with Gasteiger partial charge in [-0.1, -0.05) is 12.5 Å². The smallest absolute Gasteiger partial charge is 0.207 e. The summed E-state index contributed by atoms with van der Waals surface area (Å²) in [6.07, 6.45) is 2.66. The van der Waals surface area contributed by atoms with E-state index in [0.29, 0.717) is 12.1 Å². The quantitative estimate of drug-likeness (QED) is 0.805. The highest BCUT2D eigenvalue weighted by Gasteiger charge is 2.32. The van der Waals surface area contributed by atoms with Crippen LogP contribution >= 0.6 is 11.6 Å². The minimum Gasteiger partial charge on any atom is -0.207 e. The Labute approximate surface area is 118 Å². The zero-order valence-electron chi connectivity index (χ0n) is 10.8. The Balaban J connectivity index is 2.38. The molecule has 19 heavy (non-hydrogen) atoms. The van der Waals surface area contributed by atoms with Crippen LogP contribution in [-0.2, 0) is 15.9 Å². The molecule has 1 saturated heterocycles. The predicted molar refractivity (Wildman–Crippen MR) is 73.2 cm³/mol. The molecule has 1 aromatic rings. The van der Waals surface area contributed by atoms with Crippen molar-refractivity contribution in [1.82, 2.24) is 4.31 Å². The molecule has 0 bridgehead atoms. The molecule has 1 unspecified atom stereocenters. The van der Waals surface area contributed by atoms with Gasteiger partial charge in [-0.15, -0.1) is 11.6 Å². The molecular weight excluding hydrogens is 289 g/mol. The first kappa shape index (κ1) is 14.8. The summed E-state index contributed by atoms with van der Waals surface area (Å²) < 4.78 is 40.3. The van der Waals surface area contributed by atoms with Gasteiger partial charge in [0, 0.05) is 18.5 Å². The number of hydrogen-bond donors (Lipinski definition) is 0. The average molecular weight is 306 g/mol. The lowest BCUT2D eigenvalue weighted by Crippen LogP contribution is -2.42. The molecule has 1 fully saturated rings. The van der Waals surface area contributed by atoms with Crippen LogP contribution in [0.5, 0.6) is 0 Å². The largest absolute Gasteiger partial charge is 0.246 e. The third-order valence-electron chi connectivity index (χ3n) is 3.48. The van der Waals surface area contributed by atoms with Crippen LogP contribution in [0.3, 0.4) is 0 Å². The highest BCUT2D eigenvalue weighted by molar-refractivity contribution is 7.89. The summed E-state index contributed by atoms with van der Waals surface area (Å²) in [6.45, 7) is 2.32. The molecule has 0 amide bonds. The molecule has 6 heteroatoms. The van der Waals surface area contributed by atoms with E-state index >= 15 is 0 Å². The van der Waals surface area contributed by atoms with Gasteiger partial charge < -0.3 is 0 Å². The first-order chi connectivity index (χ1) is 8.96. The number of halogens is 2. The van der Waals surface area contributed by atoms with Gasteiger partial charge >= 0.3 is 0 Å². The van der Waals surface area contributed by atoms with Crippen LogP contribution in [0.2, 0.25) is 0 Å². The summed E-state index contributed by atoms with van der Waals surface area (Å²) in [6, 6.07) is 3.97. The zero-order valence-corrected chi connectivity index (χ0v) is 12.3. The van der Waals surface area contributed by atoms with E-state index in [1.807, 2.05) is 6.92 Å². The van der Waals surface area contributed by atoms with E-state index < -0.39 is 15.8 Å². The van der Waals surface area contributed by atoms with E-state index in [2.05, 4.69) is 0 Å². The zero-order chi connectivity index (χ0) is 14.0. The first-order valence-corrected chi connectivity index (χ1v) is 8.30. The van der Waals surface area contributed by atoms with Crippen molar-refractivity contribution >= 4 is 21.6 Å². The van der Waals surface area contributed by atoms with Crippen molar-refractivity contribution in [3.8, 4) is 0 Å². The Kier molecular flexibility index (Phi) is 4.48. The molecule has 1 heterocycles. The second kappa shape index (κ2) is 5.77. The fourth-order valence-electron chi connectivity index (χ4n) is 2.39. The van der Waals surface area contributed by atoms with Crippen molar-refractivity contribution in [1.29, 1.82) is 0 Å². The standard InChI is InChI=1S/C13H17ClFNO2S/c1-10-4-2-3-7-16(10)19(17,18)13-6-5-11(9-14)8-12(13)15/h5-6,8,10H,2-4,7,9H2,1H3. The third-order valence-corrected chi connectivity index (χ3v) is 5.83. The molecule has 0 saturated carbocycles. The fraction of sp³-hybridized carbons (Fsp3) is 0.538. The van der Waals surface area contributed by atoms with Crippen LogP contribution in [-0.4, -0.2) is 25.3 Å². The van der Waals surface area contributed by atoms with E-state index in [4.69, 9.17) is 11.6 Å². The Hall–Kier alpha value is -0.650. The fourth-order valence-corrected chi connectivity index (χ4v) is 4.30. The van der Waals surface area contributed by atoms with Crippen LogP contribution < -0.4 is 0 Å². The molecule has 0 radical (unpaired) electrons. The van der Waals surface area contributed by atoms with Gasteiger partial charge in [0.05, 0.1) is 0 Å². The number of hydrogen-bond acceptors (Lipinski definition) is 2. The summed E-state index contributed by atoms with van der Waals surface area (Å²) in [5, 5.41) is 0. The normalized spacial score (nSPS) is 21.5. The summed E-state index contributed by atoms with van der Waals surface area (Å²) >= 11 is 5.61. The molecule has 1 atom stereocenters. The van der Waals surface area contributed by atoms with Gasteiger partial charge in [-0.2, -0.15) is 4.31 Å². The molecule has 0 spiro atoms. The van der Waals surface area contributed by atoms with Gasteiger partial charge in [0.1, 0.15) is 10.7 Å². The predicted octanol–water partition coefficient (Wildman–Crippen LogP) is 3.13. The summed E-state index contributed by atoms with van der Waals surface area (Å²) in [5.41, 5.74) is 0.574. The monoisotopic (exact) mass is 305 g/mol. The van der Waals surface area contributed by atoms with Crippen LogP contribution in [0.15, 0.2) is 23.1 Å². The van der Waals surface area contributed by atoms with Gasteiger partial charge in [-0.25, -0.2) is 12.8 Å². The molecular formula is C13H17ClFNO2S. The average Bonchev–Trinajstić information content (AvgIpc) is 2.38. The van der Waals surface area contributed by atoms with Crippen molar-refractivity contribution < 1.29 is 12.8 Å². The van der Waals surface area contributed by atoms with Gasteiger partial charge in [-0.05, 0) is 37.5 Å². The molecule has 2 rings (SSSR count). The number of rotatable bonds is 3. The molecule has 0 aromatic heterocycles. The van der Waals surface area contributed by atoms with Crippen molar-refractivity contribution in [2.75, 3.05) is 6.54 Å². The van der Waals surface area contributed by atoms with Crippen LogP contribution in [0, 0.1) is 5.82 Å². The number of alkyl halides is 1. The maximum absolute atomic E-state index is 14.0. The number of nitrogens with zero attached hydrogens (tertiary/aromatic N) is 1. The van der Waals surface area contributed by atoms with E-state index in [9.17, 15) is 12.8 Å². The summed E-state index contributed by atoms with van der Waals surface area (Å²) in [5.74, 6) is -0.562. The molecule has 1 aliphatic heterocycles. The lowest BCUT2D eigenvalue weighted by Gasteiger charge is -2.32. The Morgan fingerprint density at radius 1 is 1.42 bits per heavy atom. The topological polar surface area (TPSA) is 37.4 Å². The molecule has 0 aliphatic carbocycles. The van der Waals surface area contributed by atoms with Gasteiger partial charge in [0.25, 0.3) is 0 Å². The maximum atomic E-state index is 14.0. The van der Waals surface area contributed by atoms with E-state index in [1.165, 1.54) is 16.4 Å². The Morgan fingerprint density at radius 3 is 2.74 bits per heavy atom. The lowest BCUT2D eigenvalue weighted by molar-refractivity contribution is 0.268. The maximum Gasteiger partial charge on any atom is 0.246 e. The molecule has 106 valence electrons. The van der Waals surface area contributed by atoms with Crippen molar-refractivity contribution in [3.63, 3.8) is 0 Å². The van der Waals surface area contributed by atoms with Crippen molar-refractivity contribution in [2.24, 2.45) is 0 Å². The molecule has 1 aromatic carbocycles. The van der Waals surface area contributed by atoms with Gasteiger partial charge in [0.15, 0.2) is 0 Å². The number of piperidine rings is 1. The number of benzene rings is 1. The van der Waals surface area contributed by atoms with Gasteiger partial charge in [0.2, 0.25) is 10.0 Å². The second-order valence-corrected chi connectivity index (χ2v) is 6.99. The third kappa shape index (κ3) is 2.93. The second-order valence-electron chi connectivity index (χ2n) is 4.86. The van der Waals surface area contributed by atoms with Crippen molar-refractivity contribution in [3.05, 3.63) is 29.6 Å². The molecule has 0 N–H and O–H groups in total. The van der Waals surface area contributed by atoms with E-state index in [1.54, 1.807) is 6.07 Å². The molecule has 1 aliphatic rings. The van der Waals surface area contributed by atoms with Crippen LogP contribution in [0.25, 0.3) is 0 Å². The van der Waals surface area contributed by atoms with Crippen LogP contribution in [0.1, 0.15) is 31.7 Å². The summed E-state index contributed by atoms with van der Waals surface area (Å²) in [7, 11) is -3.75. The first-order valence-electron chi connectivity index (χ1n) is 6.33. The van der Waals surface area contributed by atoms with Crippen LogP contribution in [0.4, 0.5) is 4.39 Å². The van der Waals surface area contributed by atoms with Gasteiger partial charge in [-0.3, -0.25) is 0 Å². The number of sulfonamides is 1. The van der Waals surface area contributed by atoms with E-state index in [-0.39, 0.29) is 16.8 Å². The lowest BCUT2D eigenvalue weighted by atomic mass is 10.1. The minimum atomic E-state index is -3.75. The SMILES string of the molecule is CC1CCCCN1S(=O)(=O)c1ccc(CCl)cc1F. The Bertz CT molecular complexity index is 562. The Morgan fingerprint density at radius 2 is 2.16 bits per heavy atom. The highest BCUT2D eigenvalue weighted by atomic mass is 35.5. The van der Waals surface area contributed by atoms with E-state index in [0.717, 1.165) is 19.3 Å². The molecule has 3 nitrogen and oxygen atoms in total. The summed E-state index contributed by atoms with van der Waals surface area (Å²) in [4.78, 5) is -0.255.